The largest absolute Gasteiger partial charge is 0.360 e. The SMILES string of the molecule is Cc1noc(C(C)C)c1C(=O)NNC(=O)c1ccccc1Br. The first-order valence-electron chi connectivity index (χ1n) is 6.73. The van der Waals surface area contributed by atoms with Gasteiger partial charge in [-0.25, -0.2) is 0 Å². The van der Waals surface area contributed by atoms with Crippen molar-refractivity contribution in [1.82, 2.24) is 16.0 Å². The minimum absolute atomic E-state index is 0.0147. The molecule has 0 aliphatic rings. The van der Waals surface area contributed by atoms with Gasteiger partial charge in [-0.15, -0.1) is 0 Å². The lowest BCUT2D eigenvalue weighted by Crippen LogP contribution is -2.42. The first-order chi connectivity index (χ1) is 10.4. The fourth-order valence-electron chi connectivity index (χ4n) is 1.95. The first-order valence-corrected chi connectivity index (χ1v) is 7.52. The van der Waals surface area contributed by atoms with E-state index in [1.807, 2.05) is 13.8 Å². The van der Waals surface area contributed by atoms with Crippen molar-refractivity contribution in [3.05, 3.63) is 51.3 Å². The van der Waals surface area contributed by atoms with Crippen molar-refractivity contribution in [2.75, 3.05) is 0 Å². The van der Waals surface area contributed by atoms with Crippen LogP contribution in [0.4, 0.5) is 0 Å². The Morgan fingerprint density at radius 3 is 2.45 bits per heavy atom. The van der Waals surface area contributed by atoms with Gasteiger partial charge in [0.2, 0.25) is 0 Å². The van der Waals surface area contributed by atoms with Gasteiger partial charge in [0.1, 0.15) is 5.56 Å². The lowest BCUT2D eigenvalue weighted by atomic mass is 10.0. The second-order valence-electron chi connectivity index (χ2n) is 5.05. The predicted octanol–water partition coefficient (Wildman–Crippen LogP) is 2.94. The molecule has 0 atom stereocenters. The molecule has 0 bridgehead atoms. The summed E-state index contributed by atoms with van der Waals surface area (Å²) in [5, 5.41) is 3.80. The molecule has 0 radical (unpaired) electrons. The van der Waals surface area contributed by atoms with E-state index in [1.165, 1.54) is 0 Å². The second kappa shape index (κ2) is 6.74. The zero-order chi connectivity index (χ0) is 16.3. The van der Waals surface area contributed by atoms with E-state index in [0.29, 0.717) is 27.1 Å². The van der Waals surface area contributed by atoms with Gasteiger partial charge in [0.25, 0.3) is 11.8 Å². The van der Waals surface area contributed by atoms with Crippen LogP contribution < -0.4 is 10.9 Å². The summed E-state index contributed by atoms with van der Waals surface area (Å²) < 4.78 is 5.80. The van der Waals surface area contributed by atoms with Crippen molar-refractivity contribution in [1.29, 1.82) is 0 Å². The Bertz CT molecular complexity index is 710. The van der Waals surface area contributed by atoms with Crippen molar-refractivity contribution >= 4 is 27.7 Å². The summed E-state index contributed by atoms with van der Waals surface area (Å²) in [6, 6.07) is 6.94. The zero-order valence-corrected chi connectivity index (χ0v) is 14.0. The quantitative estimate of drug-likeness (QED) is 0.818. The van der Waals surface area contributed by atoms with E-state index in [2.05, 4.69) is 31.9 Å². The maximum atomic E-state index is 12.2. The summed E-state index contributed by atoms with van der Waals surface area (Å²) in [7, 11) is 0. The molecule has 1 aromatic heterocycles. The minimum Gasteiger partial charge on any atom is -0.360 e. The van der Waals surface area contributed by atoms with Crippen molar-refractivity contribution < 1.29 is 14.1 Å². The average molecular weight is 366 g/mol. The Kier molecular flexibility index (Phi) is 4.97. The number of hydrogen-bond acceptors (Lipinski definition) is 4. The third-order valence-electron chi connectivity index (χ3n) is 3.05. The van der Waals surface area contributed by atoms with Crippen LogP contribution in [-0.2, 0) is 0 Å². The molecule has 2 amide bonds. The smallest absolute Gasteiger partial charge is 0.275 e. The highest BCUT2D eigenvalue weighted by Gasteiger charge is 2.23. The molecule has 1 heterocycles. The van der Waals surface area contributed by atoms with E-state index in [-0.39, 0.29) is 5.92 Å². The van der Waals surface area contributed by atoms with E-state index in [1.54, 1.807) is 31.2 Å². The summed E-state index contributed by atoms with van der Waals surface area (Å²) >= 11 is 3.29. The molecule has 0 spiro atoms. The molecule has 2 N–H and O–H groups in total. The lowest BCUT2D eigenvalue weighted by molar-refractivity contribution is 0.0844. The Morgan fingerprint density at radius 2 is 1.82 bits per heavy atom. The van der Waals surface area contributed by atoms with E-state index in [9.17, 15) is 9.59 Å². The van der Waals surface area contributed by atoms with E-state index >= 15 is 0 Å². The van der Waals surface area contributed by atoms with Crippen LogP contribution >= 0.6 is 15.9 Å². The number of carbonyl (C=O) groups is 2. The molecule has 1 aromatic carbocycles. The highest BCUT2D eigenvalue weighted by atomic mass is 79.9. The van der Waals surface area contributed by atoms with Gasteiger partial charge >= 0.3 is 0 Å². The maximum Gasteiger partial charge on any atom is 0.275 e. The molecule has 0 unspecified atom stereocenters. The topological polar surface area (TPSA) is 84.2 Å². The number of aryl methyl sites for hydroxylation is 1. The van der Waals surface area contributed by atoms with Crippen LogP contribution in [0.1, 0.15) is 51.9 Å². The van der Waals surface area contributed by atoms with Crippen LogP contribution in [0.2, 0.25) is 0 Å². The first kappa shape index (κ1) is 16.2. The molecule has 0 saturated heterocycles. The minimum atomic E-state index is -0.456. The number of carbonyl (C=O) groups excluding carboxylic acids is 2. The molecule has 6 nitrogen and oxygen atoms in total. The fraction of sp³-hybridized carbons (Fsp3) is 0.267. The molecule has 0 aliphatic carbocycles. The number of aromatic nitrogens is 1. The van der Waals surface area contributed by atoms with Gasteiger partial charge < -0.3 is 4.52 Å². The molecular formula is C15H16BrN3O3. The van der Waals surface area contributed by atoms with Crippen LogP contribution in [0.3, 0.4) is 0 Å². The number of rotatable bonds is 3. The Hall–Kier alpha value is -2.15. The summed E-state index contributed by atoms with van der Waals surface area (Å²) in [4.78, 5) is 24.3. The molecule has 116 valence electrons. The van der Waals surface area contributed by atoms with Crippen molar-refractivity contribution in [3.8, 4) is 0 Å². The third-order valence-corrected chi connectivity index (χ3v) is 3.74. The monoisotopic (exact) mass is 365 g/mol. The Morgan fingerprint density at radius 1 is 1.18 bits per heavy atom. The highest BCUT2D eigenvalue weighted by molar-refractivity contribution is 9.10. The second-order valence-corrected chi connectivity index (χ2v) is 5.90. The molecule has 0 fully saturated rings. The number of hydrogen-bond donors (Lipinski definition) is 2. The lowest BCUT2D eigenvalue weighted by Gasteiger charge is -2.09. The summed E-state index contributed by atoms with van der Waals surface area (Å²) in [5.74, 6) is -0.366. The average Bonchev–Trinajstić information content (AvgIpc) is 2.87. The fourth-order valence-corrected chi connectivity index (χ4v) is 2.41. The van der Waals surface area contributed by atoms with Gasteiger partial charge in [-0.3, -0.25) is 20.4 Å². The van der Waals surface area contributed by atoms with Gasteiger partial charge in [0.15, 0.2) is 5.76 Å². The molecule has 2 rings (SSSR count). The van der Waals surface area contributed by atoms with Crippen LogP contribution in [-0.4, -0.2) is 17.0 Å². The maximum absolute atomic E-state index is 12.2. The summed E-state index contributed by atoms with van der Waals surface area (Å²) in [6.45, 7) is 5.48. The van der Waals surface area contributed by atoms with Crippen LogP contribution in [0.15, 0.2) is 33.3 Å². The van der Waals surface area contributed by atoms with Crippen molar-refractivity contribution in [3.63, 3.8) is 0 Å². The predicted molar refractivity (Wildman–Crippen MR) is 84.4 cm³/mol. The molecule has 0 aliphatic heterocycles. The van der Waals surface area contributed by atoms with Gasteiger partial charge in [0, 0.05) is 10.4 Å². The number of benzene rings is 1. The van der Waals surface area contributed by atoms with Crippen molar-refractivity contribution in [2.24, 2.45) is 0 Å². The van der Waals surface area contributed by atoms with Crippen LogP contribution in [0.25, 0.3) is 0 Å². The number of hydrazine groups is 1. The van der Waals surface area contributed by atoms with E-state index in [4.69, 9.17) is 4.52 Å². The van der Waals surface area contributed by atoms with Crippen molar-refractivity contribution in [2.45, 2.75) is 26.7 Å². The van der Waals surface area contributed by atoms with Gasteiger partial charge in [-0.05, 0) is 35.0 Å². The van der Waals surface area contributed by atoms with E-state index < -0.39 is 11.8 Å². The Labute approximate surface area is 136 Å². The van der Waals surface area contributed by atoms with E-state index in [0.717, 1.165) is 0 Å². The molecule has 0 saturated carbocycles. The van der Waals surface area contributed by atoms with Crippen LogP contribution in [0.5, 0.6) is 0 Å². The number of nitrogens with one attached hydrogen (secondary N) is 2. The molecule has 7 heteroatoms. The molecule has 22 heavy (non-hydrogen) atoms. The standard InChI is InChI=1S/C15H16BrN3O3/c1-8(2)13-12(9(3)19-22-13)15(21)18-17-14(20)10-6-4-5-7-11(10)16/h4-8H,1-3H3,(H,17,20)(H,18,21). The third kappa shape index (κ3) is 3.36. The number of amides is 2. The van der Waals surface area contributed by atoms with Crippen LogP contribution in [0, 0.1) is 6.92 Å². The molecule has 2 aromatic rings. The normalized spacial score (nSPS) is 10.6. The Balaban J connectivity index is 2.09. The summed E-state index contributed by atoms with van der Waals surface area (Å²) in [6.07, 6.45) is 0. The number of halogens is 1. The molecular weight excluding hydrogens is 350 g/mol. The summed E-state index contributed by atoms with van der Waals surface area (Å²) in [5.41, 5.74) is 6.03. The van der Waals surface area contributed by atoms with Gasteiger partial charge in [-0.2, -0.15) is 0 Å². The highest BCUT2D eigenvalue weighted by Crippen LogP contribution is 2.22. The zero-order valence-electron chi connectivity index (χ0n) is 12.4. The van der Waals surface area contributed by atoms with Gasteiger partial charge in [0.05, 0.1) is 11.3 Å². The van der Waals surface area contributed by atoms with Gasteiger partial charge in [-0.1, -0.05) is 31.1 Å². The number of nitrogens with zero attached hydrogens (tertiary/aromatic N) is 1.